The Kier molecular flexibility index (Phi) is 4.14. The summed E-state index contributed by atoms with van der Waals surface area (Å²) >= 11 is 0. The molecule has 1 aromatic carbocycles. The van der Waals surface area contributed by atoms with Crippen molar-refractivity contribution in [3.63, 3.8) is 0 Å². The fourth-order valence-corrected chi connectivity index (χ4v) is 2.16. The Labute approximate surface area is 111 Å². The quantitative estimate of drug-likeness (QED) is 0.476. The van der Waals surface area contributed by atoms with Crippen LogP contribution in [0.4, 0.5) is 5.69 Å². The zero-order chi connectivity index (χ0) is 13.8. The number of nitrogens with zero attached hydrogens (tertiary/aromatic N) is 1. The number of benzene rings is 1. The molecule has 19 heavy (non-hydrogen) atoms. The van der Waals surface area contributed by atoms with Gasteiger partial charge >= 0.3 is 5.97 Å². The van der Waals surface area contributed by atoms with Gasteiger partial charge in [0.05, 0.1) is 10.5 Å². The van der Waals surface area contributed by atoms with Crippen LogP contribution in [0.15, 0.2) is 18.2 Å². The smallest absolute Gasteiger partial charge is 0.338 e. The van der Waals surface area contributed by atoms with Crippen LogP contribution >= 0.6 is 0 Å². The van der Waals surface area contributed by atoms with E-state index in [9.17, 15) is 14.9 Å². The molecular weight excluding hydrogens is 246 g/mol. The van der Waals surface area contributed by atoms with Crippen LogP contribution in [0.25, 0.3) is 0 Å². The van der Waals surface area contributed by atoms with Crippen molar-refractivity contribution in [2.45, 2.75) is 38.7 Å². The summed E-state index contributed by atoms with van der Waals surface area (Å²) in [5, 5.41) is 10.8. The van der Waals surface area contributed by atoms with Crippen molar-refractivity contribution in [1.29, 1.82) is 0 Å². The van der Waals surface area contributed by atoms with Crippen molar-refractivity contribution in [2.24, 2.45) is 0 Å². The number of hydrogen-bond donors (Lipinski definition) is 0. The summed E-state index contributed by atoms with van der Waals surface area (Å²) in [7, 11) is 0. The number of nitro benzene ring substituents is 1. The summed E-state index contributed by atoms with van der Waals surface area (Å²) < 4.78 is 5.33. The first-order chi connectivity index (χ1) is 9.08. The second-order valence-corrected chi connectivity index (χ2v) is 4.72. The third kappa shape index (κ3) is 3.30. The van der Waals surface area contributed by atoms with Gasteiger partial charge in [-0.1, -0.05) is 12.5 Å². The number of carbonyl (C=O) groups excluding carboxylic acids is 1. The molecule has 0 saturated heterocycles. The highest BCUT2D eigenvalue weighted by Crippen LogP contribution is 2.23. The van der Waals surface area contributed by atoms with Gasteiger partial charge in [0, 0.05) is 18.1 Å². The van der Waals surface area contributed by atoms with Crippen LogP contribution in [-0.2, 0) is 4.74 Å². The lowest BCUT2D eigenvalue weighted by molar-refractivity contribution is -0.385. The van der Waals surface area contributed by atoms with Gasteiger partial charge in [0.1, 0.15) is 6.10 Å². The molecular formula is C14H16NO4. The minimum Gasteiger partial charge on any atom is -0.458 e. The number of nitro groups is 1. The summed E-state index contributed by atoms with van der Waals surface area (Å²) in [6.45, 7) is 1.64. The minimum absolute atomic E-state index is 0.0536. The molecule has 1 aliphatic rings. The van der Waals surface area contributed by atoms with E-state index in [-0.39, 0.29) is 17.4 Å². The molecule has 101 valence electrons. The van der Waals surface area contributed by atoms with Gasteiger partial charge in [0.25, 0.3) is 5.69 Å². The van der Waals surface area contributed by atoms with E-state index in [0.717, 1.165) is 25.7 Å². The molecule has 5 heteroatoms. The summed E-state index contributed by atoms with van der Waals surface area (Å²) in [5.41, 5.74) is 0.712. The van der Waals surface area contributed by atoms with E-state index in [1.54, 1.807) is 19.1 Å². The number of hydrogen-bond acceptors (Lipinski definition) is 4. The second kappa shape index (κ2) is 5.82. The number of carbonyl (C=O) groups is 1. The van der Waals surface area contributed by atoms with Crippen LogP contribution in [0.5, 0.6) is 0 Å². The van der Waals surface area contributed by atoms with Crippen molar-refractivity contribution >= 4 is 11.7 Å². The maximum atomic E-state index is 11.9. The third-order valence-electron chi connectivity index (χ3n) is 3.27. The molecule has 1 unspecified atom stereocenters. The molecule has 0 aliphatic heterocycles. The zero-order valence-corrected chi connectivity index (χ0v) is 10.8. The molecule has 1 radical (unpaired) electrons. The fourth-order valence-electron chi connectivity index (χ4n) is 2.16. The van der Waals surface area contributed by atoms with E-state index in [4.69, 9.17) is 4.74 Å². The summed E-state index contributed by atoms with van der Waals surface area (Å²) in [4.78, 5) is 22.3. The van der Waals surface area contributed by atoms with Gasteiger partial charge in [0.15, 0.2) is 0 Å². The average molecular weight is 262 g/mol. The number of rotatable bonds is 3. The Morgan fingerprint density at radius 1 is 1.42 bits per heavy atom. The van der Waals surface area contributed by atoms with E-state index in [0.29, 0.717) is 5.56 Å². The summed E-state index contributed by atoms with van der Waals surface area (Å²) in [6.07, 6.45) is 5.78. The van der Waals surface area contributed by atoms with Crippen molar-refractivity contribution in [3.05, 3.63) is 45.9 Å². The molecule has 1 atom stereocenters. The standard InChI is InChI=1S/C14H16NO4/c1-10-7-8-11(9-13(10)15(17)18)14(16)19-12-5-3-2-4-6-12/h5,7-9,12H,2-4,6H2,1H3. The molecule has 0 spiro atoms. The number of ether oxygens (including phenoxy) is 1. The lowest BCUT2D eigenvalue weighted by Crippen LogP contribution is -2.21. The molecule has 1 fully saturated rings. The summed E-state index contributed by atoms with van der Waals surface area (Å²) in [6, 6.07) is 4.41. The van der Waals surface area contributed by atoms with Crippen LogP contribution in [0, 0.1) is 23.5 Å². The molecule has 0 bridgehead atoms. The Morgan fingerprint density at radius 2 is 2.21 bits per heavy atom. The van der Waals surface area contributed by atoms with Crippen LogP contribution in [0.3, 0.4) is 0 Å². The average Bonchev–Trinajstić information content (AvgIpc) is 2.40. The van der Waals surface area contributed by atoms with Crippen LogP contribution in [0.2, 0.25) is 0 Å². The highest BCUT2D eigenvalue weighted by atomic mass is 16.6. The number of esters is 1. The maximum Gasteiger partial charge on any atom is 0.338 e. The SMILES string of the molecule is Cc1ccc(C(=O)OC2[CH]CCCC2)cc1[N+](=O)[O-]. The number of aryl methyl sites for hydroxylation is 1. The van der Waals surface area contributed by atoms with Crippen LogP contribution < -0.4 is 0 Å². The van der Waals surface area contributed by atoms with Gasteiger partial charge in [-0.3, -0.25) is 10.1 Å². The fraction of sp³-hybridized carbons (Fsp3) is 0.429. The lowest BCUT2D eigenvalue weighted by Gasteiger charge is -2.21. The van der Waals surface area contributed by atoms with Gasteiger partial charge < -0.3 is 4.74 Å². The predicted molar refractivity (Wildman–Crippen MR) is 69.8 cm³/mol. The van der Waals surface area contributed by atoms with E-state index >= 15 is 0 Å². The normalized spacial score (nSPS) is 16.1. The van der Waals surface area contributed by atoms with Crippen molar-refractivity contribution in [2.75, 3.05) is 0 Å². The van der Waals surface area contributed by atoms with Gasteiger partial charge in [-0.05, 0) is 32.3 Å². The molecule has 5 nitrogen and oxygen atoms in total. The van der Waals surface area contributed by atoms with Crippen molar-refractivity contribution in [1.82, 2.24) is 0 Å². The Hall–Kier alpha value is -1.91. The van der Waals surface area contributed by atoms with Gasteiger partial charge in [-0.15, -0.1) is 0 Å². The van der Waals surface area contributed by atoms with Crippen molar-refractivity contribution in [3.8, 4) is 0 Å². The molecule has 1 aliphatic carbocycles. The molecule has 0 N–H and O–H groups in total. The summed E-state index contributed by atoms with van der Waals surface area (Å²) in [5.74, 6) is -0.494. The van der Waals surface area contributed by atoms with Crippen molar-refractivity contribution < 1.29 is 14.5 Å². The Morgan fingerprint density at radius 3 is 2.84 bits per heavy atom. The van der Waals surface area contributed by atoms with E-state index < -0.39 is 10.9 Å². The molecule has 1 saturated carbocycles. The molecule has 0 aromatic heterocycles. The first-order valence-electron chi connectivity index (χ1n) is 6.37. The zero-order valence-electron chi connectivity index (χ0n) is 10.8. The molecule has 1 aromatic rings. The second-order valence-electron chi connectivity index (χ2n) is 4.72. The predicted octanol–water partition coefficient (Wildman–Crippen LogP) is 3.21. The topological polar surface area (TPSA) is 69.4 Å². The van der Waals surface area contributed by atoms with E-state index in [1.807, 2.05) is 6.42 Å². The van der Waals surface area contributed by atoms with Crippen LogP contribution in [0.1, 0.15) is 41.6 Å². The van der Waals surface area contributed by atoms with Gasteiger partial charge in [0.2, 0.25) is 0 Å². The van der Waals surface area contributed by atoms with E-state index in [1.165, 1.54) is 6.07 Å². The van der Waals surface area contributed by atoms with Crippen LogP contribution in [-0.4, -0.2) is 17.0 Å². The maximum absolute atomic E-state index is 11.9. The highest BCUT2D eigenvalue weighted by molar-refractivity contribution is 5.90. The third-order valence-corrected chi connectivity index (χ3v) is 3.27. The first-order valence-corrected chi connectivity index (χ1v) is 6.37. The Balaban J connectivity index is 2.10. The van der Waals surface area contributed by atoms with Gasteiger partial charge in [-0.25, -0.2) is 4.79 Å². The largest absolute Gasteiger partial charge is 0.458 e. The molecule has 0 heterocycles. The minimum atomic E-state index is -0.494. The molecule has 0 amide bonds. The van der Waals surface area contributed by atoms with Gasteiger partial charge in [-0.2, -0.15) is 0 Å². The lowest BCUT2D eigenvalue weighted by atomic mass is 9.98. The van der Waals surface area contributed by atoms with E-state index in [2.05, 4.69) is 0 Å². The molecule has 2 rings (SSSR count). The Bertz CT molecular complexity index is 492. The first kappa shape index (κ1) is 13.5. The monoisotopic (exact) mass is 262 g/mol. The highest BCUT2D eigenvalue weighted by Gasteiger charge is 2.21.